The van der Waals surface area contributed by atoms with Crippen LogP contribution in [-0.2, 0) is 5.41 Å². The number of hydrogen-bond donors (Lipinski definition) is 0. The van der Waals surface area contributed by atoms with Gasteiger partial charge in [0, 0.05) is 0 Å². The minimum Gasteiger partial charge on any atom is -0.105 e. The first-order valence-electron chi connectivity index (χ1n) is 5.70. The Morgan fingerprint density at radius 3 is 2.59 bits per heavy atom. The molecule has 0 fully saturated rings. The summed E-state index contributed by atoms with van der Waals surface area (Å²) < 4.78 is 0. The Kier molecular flexibility index (Phi) is 3.54. The molecule has 0 heterocycles. The summed E-state index contributed by atoms with van der Waals surface area (Å²) >= 11 is 3.79. The highest BCUT2D eigenvalue weighted by Gasteiger charge is 2.37. The van der Waals surface area contributed by atoms with E-state index in [1.807, 2.05) is 13.0 Å². The number of rotatable bonds is 1. The third-order valence-corrected chi connectivity index (χ3v) is 4.55. The standard InChI is InChI=1S/C16H15Br/c1-3-11-16(14-9-5-4-6-10-14)12-7-8-13(2)15(16)17/h4-10,12,15H,1-2H3. The second-order valence-corrected chi connectivity index (χ2v) is 5.16. The number of benzene rings is 1. The van der Waals surface area contributed by atoms with Gasteiger partial charge in [-0.05, 0) is 19.4 Å². The van der Waals surface area contributed by atoms with Crippen molar-refractivity contribution in [3.63, 3.8) is 0 Å². The fourth-order valence-electron chi connectivity index (χ4n) is 2.22. The Labute approximate surface area is 112 Å². The van der Waals surface area contributed by atoms with Gasteiger partial charge in [-0.2, -0.15) is 0 Å². The van der Waals surface area contributed by atoms with Gasteiger partial charge >= 0.3 is 0 Å². The van der Waals surface area contributed by atoms with Gasteiger partial charge in [0.1, 0.15) is 0 Å². The van der Waals surface area contributed by atoms with Gasteiger partial charge < -0.3 is 0 Å². The lowest BCUT2D eigenvalue weighted by molar-refractivity contribution is 0.700. The molecular formula is C16H15Br. The summed E-state index contributed by atoms with van der Waals surface area (Å²) in [5, 5.41) is 0. The molecule has 2 atom stereocenters. The van der Waals surface area contributed by atoms with Crippen molar-refractivity contribution < 1.29 is 0 Å². The molecule has 0 bridgehead atoms. The van der Waals surface area contributed by atoms with Crippen LogP contribution in [0.3, 0.4) is 0 Å². The van der Waals surface area contributed by atoms with E-state index in [2.05, 4.69) is 77.2 Å². The van der Waals surface area contributed by atoms with Crippen molar-refractivity contribution in [2.75, 3.05) is 0 Å². The van der Waals surface area contributed by atoms with Crippen molar-refractivity contribution in [1.82, 2.24) is 0 Å². The Hall–Kier alpha value is -1.26. The van der Waals surface area contributed by atoms with E-state index in [-0.39, 0.29) is 10.2 Å². The molecule has 2 unspecified atom stereocenters. The quantitative estimate of drug-likeness (QED) is 0.535. The lowest BCUT2D eigenvalue weighted by atomic mass is 9.73. The maximum Gasteiger partial charge on any atom is 0.0908 e. The second-order valence-electron chi connectivity index (χ2n) is 4.24. The average Bonchev–Trinajstić information content (AvgIpc) is 2.36. The molecule has 0 radical (unpaired) electrons. The van der Waals surface area contributed by atoms with Crippen molar-refractivity contribution in [2.24, 2.45) is 0 Å². The number of halogens is 1. The van der Waals surface area contributed by atoms with Gasteiger partial charge in [-0.3, -0.25) is 0 Å². The first kappa shape index (κ1) is 12.2. The van der Waals surface area contributed by atoms with Crippen molar-refractivity contribution >= 4 is 15.9 Å². The molecule has 86 valence electrons. The van der Waals surface area contributed by atoms with Crippen LogP contribution in [0.5, 0.6) is 0 Å². The molecule has 0 nitrogen and oxygen atoms in total. The average molecular weight is 287 g/mol. The van der Waals surface area contributed by atoms with Gasteiger partial charge in [0.15, 0.2) is 0 Å². The van der Waals surface area contributed by atoms with E-state index >= 15 is 0 Å². The number of alkyl halides is 1. The van der Waals surface area contributed by atoms with Crippen LogP contribution < -0.4 is 0 Å². The third-order valence-electron chi connectivity index (χ3n) is 3.10. The summed E-state index contributed by atoms with van der Waals surface area (Å²) in [6.07, 6.45) is 6.42. The van der Waals surface area contributed by atoms with Crippen molar-refractivity contribution in [3.05, 3.63) is 59.7 Å². The van der Waals surface area contributed by atoms with E-state index in [0.717, 1.165) is 0 Å². The third kappa shape index (κ3) is 2.10. The topological polar surface area (TPSA) is 0 Å². The van der Waals surface area contributed by atoms with Gasteiger partial charge in [0.2, 0.25) is 0 Å². The normalized spacial score (nSPS) is 27.0. The van der Waals surface area contributed by atoms with Crippen LogP contribution in [-0.4, -0.2) is 4.83 Å². The maximum absolute atomic E-state index is 3.79. The van der Waals surface area contributed by atoms with Gasteiger partial charge in [0.05, 0.1) is 10.2 Å². The zero-order chi connectivity index (χ0) is 12.3. The Morgan fingerprint density at radius 1 is 1.24 bits per heavy atom. The summed E-state index contributed by atoms with van der Waals surface area (Å²) in [6.45, 7) is 4.03. The number of hydrogen-bond acceptors (Lipinski definition) is 0. The molecule has 0 spiro atoms. The molecule has 0 aromatic heterocycles. The molecule has 1 heteroatoms. The molecular weight excluding hydrogens is 272 g/mol. The van der Waals surface area contributed by atoms with Crippen molar-refractivity contribution in [3.8, 4) is 11.8 Å². The Morgan fingerprint density at radius 2 is 1.94 bits per heavy atom. The van der Waals surface area contributed by atoms with Crippen LogP contribution in [0, 0.1) is 11.8 Å². The summed E-state index contributed by atoms with van der Waals surface area (Å²) in [6, 6.07) is 10.4. The van der Waals surface area contributed by atoms with Gasteiger partial charge in [-0.25, -0.2) is 0 Å². The summed E-state index contributed by atoms with van der Waals surface area (Å²) in [5.74, 6) is 6.44. The Balaban J connectivity index is 2.58. The molecule has 1 aromatic carbocycles. The second kappa shape index (κ2) is 4.94. The molecule has 1 aromatic rings. The van der Waals surface area contributed by atoms with E-state index in [4.69, 9.17) is 0 Å². The molecule has 2 rings (SSSR count). The van der Waals surface area contributed by atoms with E-state index in [1.54, 1.807) is 0 Å². The van der Waals surface area contributed by atoms with Crippen LogP contribution in [0.15, 0.2) is 54.1 Å². The molecule has 0 saturated heterocycles. The van der Waals surface area contributed by atoms with Crippen LogP contribution in [0.1, 0.15) is 19.4 Å². The summed E-state index contributed by atoms with van der Waals surface area (Å²) in [7, 11) is 0. The minimum absolute atomic E-state index is 0.231. The first-order valence-corrected chi connectivity index (χ1v) is 6.62. The smallest absolute Gasteiger partial charge is 0.0908 e. The first-order chi connectivity index (χ1) is 8.20. The van der Waals surface area contributed by atoms with Crippen molar-refractivity contribution in [1.29, 1.82) is 0 Å². The van der Waals surface area contributed by atoms with Gasteiger partial charge in [0.25, 0.3) is 0 Å². The predicted molar refractivity (Wildman–Crippen MR) is 77.2 cm³/mol. The van der Waals surface area contributed by atoms with Crippen LogP contribution in [0.25, 0.3) is 0 Å². The van der Waals surface area contributed by atoms with Crippen LogP contribution in [0.4, 0.5) is 0 Å². The lowest BCUT2D eigenvalue weighted by Crippen LogP contribution is -2.34. The fraction of sp³-hybridized carbons (Fsp3) is 0.250. The summed E-state index contributed by atoms with van der Waals surface area (Å²) in [4.78, 5) is 0.231. The van der Waals surface area contributed by atoms with E-state index in [9.17, 15) is 0 Å². The van der Waals surface area contributed by atoms with E-state index < -0.39 is 0 Å². The molecule has 17 heavy (non-hydrogen) atoms. The molecule has 1 aliphatic carbocycles. The fourth-order valence-corrected chi connectivity index (χ4v) is 2.90. The van der Waals surface area contributed by atoms with Gasteiger partial charge in [-0.1, -0.05) is 76.0 Å². The highest BCUT2D eigenvalue weighted by atomic mass is 79.9. The van der Waals surface area contributed by atoms with Gasteiger partial charge in [-0.15, -0.1) is 5.92 Å². The monoisotopic (exact) mass is 286 g/mol. The lowest BCUT2D eigenvalue weighted by Gasteiger charge is -2.34. The van der Waals surface area contributed by atoms with Crippen molar-refractivity contribution in [2.45, 2.75) is 24.1 Å². The molecule has 0 saturated carbocycles. The molecule has 0 N–H and O–H groups in total. The number of allylic oxidation sites excluding steroid dienone is 4. The van der Waals surface area contributed by atoms with E-state index in [0.29, 0.717) is 0 Å². The zero-order valence-corrected chi connectivity index (χ0v) is 11.7. The largest absolute Gasteiger partial charge is 0.105 e. The summed E-state index contributed by atoms with van der Waals surface area (Å²) in [5.41, 5.74) is 2.30. The van der Waals surface area contributed by atoms with E-state index in [1.165, 1.54) is 11.1 Å². The van der Waals surface area contributed by atoms with Crippen LogP contribution in [0.2, 0.25) is 0 Å². The highest BCUT2D eigenvalue weighted by molar-refractivity contribution is 9.09. The molecule has 0 amide bonds. The minimum atomic E-state index is -0.241. The SMILES string of the molecule is CC#CC1(c2ccccc2)C=CC=C(C)C1Br. The maximum atomic E-state index is 3.79. The van der Waals surface area contributed by atoms with Crippen LogP contribution >= 0.6 is 15.9 Å². The Bertz CT molecular complexity index is 513. The molecule has 0 aliphatic heterocycles. The highest BCUT2D eigenvalue weighted by Crippen LogP contribution is 2.39. The molecule has 1 aliphatic rings. The zero-order valence-electron chi connectivity index (χ0n) is 10.1. The predicted octanol–water partition coefficient (Wildman–Crippen LogP) is 4.23.